The molecule has 18 heavy (non-hydrogen) atoms. The van der Waals surface area contributed by atoms with Crippen LogP contribution in [0.4, 0.5) is 0 Å². The fourth-order valence-electron chi connectivity index (χ4n) is 1.62. The number of carbonyl (C=O) groups excluding carboxylic acids is 2. The van der Waals surface area contributed by atoms with E-state index in [4.69, 9.17) is 5.73 Å². The summed E-state index contributed by atoms with van der Waals surface area (Å²) in [5.41, 5.74) is 6.11. The van der Waals surface area contributed by atoms with Crippen LogP contribution in [-0.4, -0.2) is 23.1 Å². The van der Waals surface area contributed by atoms with Gasteiger partial charge in [-0.3, -0.25) is 9.59 Å². The minimum absolute atomic E-state index is 0.136. The second kappa shape index (κ2) is 7.06. The van der Waals surface area contributed by atoms with Crippen molar-refractivity contribution < 1.29 is 9.59 Å². The molecular weight excluding hydrogens is 248 g/mol. The summed E-state index contributed by atoms with van der Waals surface area (Å²) in [6, 6.07) is 9.39. The van der Waals surface area contributed by atoms with Gasteiger partial charge in [-0.05, 0) is 18.9 Å². The van der Waals surface area contributed by atoms with Crippen molar-refractivity contribution in [3.63, 3.8) is 0 Å². The van der Waals surface area contributed by atoms with Gasteiger partial charge in [-0.2, -0.15) is 12.6 Å². The van der Waals surface area contributed by atoms with Crippen LogP contribution < -0.4 is 11.1 Å². The summed E-state index contributed by atoms with van der Waals surface area (Å²) in [5, 5.41) is 2.29. The first kappa shape index (κ1) is 14.6. The average Bonchev–Trinajstić information content (AvgIpc) is 2.28. The molecule has 2 amide bonds. The number of thiol groups is 1. The van der Waals surface area contributed by atoms with Gasteiger partial charge in [-0.1, -0.05) is 30.3 Å². The molecule has 0 heterocycles. The molecule has 1 rings (SSSR count). The smallest absolute Gasteiger partial charge is 0.233 e. The topological polar surface area (TPSA) is 72.2 Å². The SMILES string of the molecule is CC(CC(N)=O)NC(=O)C(S)Cc1ccccc1. The molecule has 0 bridgehead atoms. The summed E-state index contributed by atoms with van der Waals surface area (Å²) in [4.78, 5) is 22.5. The Bertz CT molecular complexity index is 409. The Morgan fingerprint density at radius 2 is 1.94 bits per heavy atom. The van der Waals surface area contributed by atoms with E-state index in [2.05, 4.69) is 17.9 Å². The van der Waals surface area contributed by atoms with E-state index < -0.39 is 11.2 Å². The van der Waals surface area contributed by atoms with Gasteiger partial charge in [0.2, 0.25) is 11.8 Å². The Labute approximate surface area is 112 Å². The number of carbonyl (C=O) groups is 2. The van der Waals surface area contributed by atoms with Crippen molar-refractivity contribution in [1.29, 1.82) is 0 Å². The van der Waals surface area contributed by atoms with Crippen LogP contribution in [0.15, 0.2) is 30.3 Å². The maximum absolute atomic E-state index is 11.8. The number of hydrogen-bond donors (Lipinski definition) is 3. The normalized spacial score (nSPS) is 13.7. The second-order valence-electron chi connectivity index (χ2n) is 4.29. The van der Waals surface area contributed by atoms with Crippen molar-refractivity contribution in [2.24, 2.45) is 5.73 Å². The number of benzene rings is 1. The monoisotopic (exact) mass is 266 g/mol. The molecule has 2 atom stereocenters. The van der Waals surface area contributed by atoms with Gasteiger partial charge in [0, 0.05) is 12.5 Å². The Balaban J connectivity index is 2.44. The minimum Gasteiger partial charge on any atom is -0.370 e. The number of nitrogens with one attached hydrogen (secondary N) is 1. The van der Waals surface area contributed by atoms with Crippen molar-refractivity contribution in [3.05, 3.63) is 35.9 Å². The third-order valence-electron chi connectivity index (χ3n) is 2.47. The molecular formula is C13H18N2O2S. The highest BCUT2D eigenvalue weighted by atomic mass is 32.1. The van der Waals surface area contributed by atoms with E-state index in [-0.39, 0.29) is 18.4 Å². The van der Waals surface area contributed by atoms with Gasteiger partial charge in [0.1, 0.15) is 0 Å². The van der Waals surface area contributed by atoms with E-state index >= 15 is 0 Å². The number of hydrogen-bond acceptors (Lipinski definition) is 3. The Hall–Kier alpha value is -1.49. The van der Waals surface area contributed by atoms with Crippen LogP contribution in [-0.2, 0) is 16.0 Å². The quantitative estimate of drug-likeness (QED) is 0.670. The van der Waals surface area contributed by atoms with Crippen LogP contribution >= 0.6 is 12.6 Å². The molecule has 3 N–H and O–H groups in total. The Kier molecular flexibility index (Phi) is 5.71. The predicted molar refractivity (Wildman–Crippen MR) is 74.3 cm³/mol. The first-order chi connectivity index (χ1) is 8.49. The molecule has 4 nitrogen and oxygen atoms in total. The first-order valence-corrected chi connectivity index (χ1v) is 6.31. The fraction of sp³-hybridized carbons (Fsp3) is 0.385. The van der Waals surface area contributed by atoms with Crippen molar-refractivity contribution in [2.45, 2.75) is 31.1 Å². The van der Waals surface area contributed by atoms with E-state index in [0.29, 0.717) is 6.42 Å². The third kappa shape index (κ3) is 5.23. The predicted octanol–water partition coefficient (Wildman–Crippen LogP) is 0.908. The Morgan fingerprint density at radius 1 is 1.33 bits per heavy atom. The van der Waals surface area contributed by atoms with E-state index in [1.165, 1.54) is 0 Å². The lowest BCUT2D eigenvalue weighted by Crippen LogP contribution is -2.40. The molecule has 0 spiro atoms. The summed E-state index contributed by atoms with van der Waals surface area (Å²) in [7, 11) is 0. The summed E-state index contributed by atoms with van der Waals surface area (Å²) >= 11 is 4.27. The van der Waals surface area contributed by atoms with E-state index in [0.717, 1.165) is 5.56 Å². The highest BCUT2D eigenvalue weighted by Crippen LogP contribution is 2.08. The van der Waals surface area contributed by atoms with Gasteiger partial charge in [-0.25, -0.2) is 0 Å². The molecule has 5 heteroatoms. The summed E-state index contributed by atoms with van der Waals surface area (Å²) in [5.74, 6) is -0.613. The Morgan fingerprint density at radius 3 is 2.50 bits per heavy atom. The average molecular weight is 266 g/mol. The number of nitrogens with two attached hydrogens (primary N) is 1. The molecule has 0 aromatic heterocycles. The minimum atomic E-state index is -0.429. The molecule has 0 aliphatic carbocycles. The zero-order chi connectivity index (χ0) is 13.5. The molecule has 98 valence electrons. The van der Waals surface area contributed by atoms with Crippen molar-refractivity contribution >= 4 is 24.4 Å². The molecule has 1 aromatic rings. The lowest BCUT2D eigenvalue weighted by Gasteiger charge is -2.16. The maximum atomic E-state index is 11.8. The van der Waals surface area contributed by atoms with Crippen LogP contribution in [0.1, 0.15) is 18.9 Å². The number of rotatable bonds is 6. The number of amides is 2. The van der Waals surface area contributed by atoms with Crippen LogP contribution in [0.2, 0.25) is 0 Å². The molecule has 0 saturated heterocycles. The maximum Gasteiger partial charge on any atom is 0.233 e. The van der Waals surface area contributed by atoms with Gasteiger partial charge < -0.3 is 11.1 Å². The lowest BCUT2D eigenvalue weighted by molar-refractivity contribution is -0.122. The van der Waals surface area contributed by atoms with Gasteiger partial charge in [-0.15, -0.1) is 0 Å². The third-order valence-corrected chi connectivity index (χ3v) is 2.89. The van der Waals surface area contributed by atoms with Gasteiger partial charge in [0.25, 0.3) is 0 Å². The summed E-state index contributed by atoms with van der Waals surface area (Å²) in [6.07, 6.45) is 0.691. The first-order valence-electron chi connectivity index (χ1n) is 5.79. The van der Waals surface area contributed by atoms with Gasteiger partial charge in [0.05, 0.1) is 5.25 Å². The second-order valence-corrected chi connectivity index (χ2v) is 4.91. The summed E-state index contributed by atoms with van der Waals surface area (Å²) in [6.45, 7) is 1.74. The zero-order valence-corrected chi connectivity index (χ0v) is 11.2. The highest BCUT2D eigenvalue weighted by Gasteiger charge is 2.17. The largest absolute Gasteiger partial charge is 0.370 e. The molecule has 0 fully saturated rings. The fourth-order valence-corrected chi connectivity index (χ4v) is 1.91. The zero-order valence-electron chi connectivity index (χ0n) is 10.3. The molecule has 1 aromatic carbocycles. The van der Waals surface area contributed by atoms with Crippen LogP contribution in [0.3, 0.4) is 0 Å². The molecule has 0 radical (unpaired) electrons. The lowest BCUT2D eigenvalue weighted by atomic mass is 10.1. The number of primary amides is 1. The molecule has 0 saturated carbocycles. The van der Waals surface area contributed by atoms with Crippen molar-refractivity contribution in [3.8, 4) is 0 Å². The van der Waals surface area contributed by atoms with E-state index in [1.807, 2.05) is 30.3 Å². The van der Waals surface area contributed by atoms with E-state index in [1.54, 1.807) is 6.92 Å². The van der Waals surface area contributed by atoms with Gasteiger partial charge in [0.15, 0.2) is 0 Å². The molecule has 2 unspecified atom stereocenters. The van der Waals surface area contributed by atoms with E-state index in [9.17, 15) is 9.59 Å². The van der Waals surface area contributed by atoms with Crippen LogP contribution in [0.25, 0.3) is 0 Å². The summed E-state index contributed by atoms with van der Waals surface area (Å²) < 4.78 is 0. The molecule has 0 aliphatic heterocycles. The van der Waals surface area contributed by atoms with Crippen molar-refractivity contribution in [2.75, 3.05) is 0 Å². The van der Waals surface area contributed by atoms with Crippen LogP contribution in [0.5, 0.6) is 0 Å². The van der Waals surface area contributed by atoms with Gasteiger partial charge >= 0.3 is 0 Å². The highest BCUT2D eigenvalue weighted by molar-refractivity contribution is 7.81. The van der Waals surface area contributed by atoms with Crippen molar-refractivity contribution in [1.82, 2.24) is 5.32 Å². The molecule has 0 aliphatic rings. The standard InChI is InChI=1S/C13H18N2O2S/c1-9(7-12(14)16)15-13(17)11(18)8-10-5-3-2-4-6-10/h2-6,9,11,18H,7-8H2,1H3,(H2,14,16)(H,15,17). The van der Waals surface area contributed by atoms with Crippen LogP contribution in [0, 0.1) is 0 Å².